The fourth-order valence-corrected chi connectivity index (χ4v) is 3.54. The third-order valence-electron chi connectivity index (χ3n) is 3.89. The Labute approximate surface area is 107 Å². The predicted molar refractivity (Wildman–Crippen MR) is 71.6 cm³/mol. The van der Waals surface area contributed by atoms with E-state index < -0.39 is 0 Å². The lowest BCUT2D eigenvalue weighted by atomic mass is 10.1. The van der Waals surface area contributed by atoms with Crippen LogP contribution in [0.4, 0.5) is 0 Å². The second-order valence-corrected chi connectivity index (χ2v) is 6.13. The first kappa shape index (κ1) is 11.6. The summed E-state index contributed by atoms with van der Waals surface area (Å²) in [5.41, 5.74) is 1.94. The Morgan fingerprint density at radius 3 is 3.00 bits per heavy atom. The molecule has 1 aliphatic heterocycles. The van der Waals surface area contributed by atoms with Crippen LogP contribution >= 0.6 is 11.3 Å². The van der Waals surface area contributed by atoms with E-state index in [2.05, 4.69) is 15.2 Å². The fourth-order valence-electron chi connectivity index (χ4n) is 2.73. The molecule has 3 nitrogen and oxygen atoms in total. The molecule has 0 aromatic carbocycles. The van der Waals surface area contributed by atoms with E-state index in [9.17, 15) is 0 Å². The van der Waals surface area contributed by atoms with Crippen molar-refractivity contribution in [2.75, 3.05) is 26.2 Å². The molecule has 0 radical (unpaired) electrons. The fraction of sp³-hybridized carbons (Fsp3) is 0.769. The number of piperidine rings is 1. The van der Waals surface area contributed by atoms with Gasteiger partial charge in [-0.3, -0.25) is 4.98 Å². The van der Waals surface area contributed by atoms with Gasteiger partial charge in [-0.15, -0.1) is 11.3 Å². The summed E-state index contributed by atoms with van der Waals surface area (Å²) >= 11 is 1.80. The molecule has 2 heterocycles. The number of nitrogens with zero attached hydrogens (tertiary/aromatic N) is 2. The molecule has 94 valence electrons. The SMILES string of the molecule is c1ncc(C2CC2NCCN2CCCCC2)s1. The highest BCUT2D eigenvalue weighted by molar-refractivity contribution is 7.09. The molecular formula is C13H21N3S. The third kappa shape index (κ3) is 3.06. The van der Waals surface area contributed by atoms with Crippen molar-refractivity contribution in [2.45, 2.75) is 37.6 Å². The topological polar surface area (TPSA) is 28.2 Å². The van der Waals surface area contributed by atoms with Crippen LogP contribution in [-0.2, 0) is 0 Å². The van der Waals surface area contributed by atoms with Crippen LogP contribution in [0.5, 0.6) is 0 Å². The number of hydrogen-bond donors (Lipinski definition) is 1. The van der Waals surface area contributed by atoms with Gasteiger partial charge < -0.3 is 10.2 Å². The zero-order chi connectivity index (χ0) is 11.5. The smallest absolute Gasteiger partial charge is 0.0794 e. The first-order chi connectivity index (χ1) is 8.43. The van der Waals surface area contributed by atoms with Gasteiger partial charge in [0.15, 0.2) is 0 Å². The van der Waals surface area contributed by atoms with Gasteiger partial charge in [0, 0.05) is 36.1 Å². The van der Waals surface area contributed by atoms with Gasteiger partial charge in [0.2, 0.25) is 0 Å². The van der Waals surface area contributed by atoms with Gasteiger partial charge in [0.05, 0.1) is 5.51 Å². The summed E-state index contributed by atoms with van der Waals surface area (Å²) in [4.78, 5) is 8.21. The Hall–Kier alpha value is -0.450. The lowest BCUT2D eigenvalue weighted by molar-refractivity contribution is 0.229. The van der Waals surface area contributed by atoms with Crippen LogP contribution < -0.4 is 5.32 Å². The second-order valence-electron chi connectivity index (χ2n) is 5.21. The van der Waals surface area contributed by atoms with E-state index in [-0.39, 0.29) is 0 Å². The molecule has 2 unspecified atom stereocenters. The summed E-state index contributed by atoms with van der Waals surface area (Å²) in [5.74, 6) is 0.754. The van der Waals surface area contributed by atoms with Crippen molar-refractivity contribution in [1.82, 2.24) is 15.2 Å². The Kier molecular flexibility index (Phi) is 3.74. The average molecular weight is 251 g/mol. The maximum Gasteiger partial charge on any atom is 0.0794 e. The van der Waals surface area contributed by atoms with Gasteiger partial charge in [-0.25, -0.2) is 0 Å². The van der Waals surface area contributed by atoms with Gasteiger partial charge in [-0.05, 0) is 32.4 Å². The number of hydrogen-bond acceptors (Lipinski definition) is 4. The molecule has 3 rings (SSSR count). The van der Waals surface area contributed by atoms with Gasteiger partial charge in [0.1, 0.15) is 0 Å². The number of aromatic nitrogens is 1. The summed E-state index contributed by atoms with van der Waals surface area (Å²) < 4.78 is 0. The number of likely N-dealkylation sites (tertiary alicyclic amines) is 1. The van der Waals surface area contributed by atoms with Crippen LogP contribution in [-0.4, -0.2) is 42.1 Å². The Morgan fingerprint density at radius 2 is 2.24 bits per heavy atom. The van der Waals surface area contributed by atoms with E-state index in [4.69, 9.17) is 0 Å². The molecule has 0 bridgehead atoms. The summed E-state index contributed by atoms with van der Waals surface area (Å²) in [6, 6.07) is 0.722. The van der Waals surface area contributed by atoms with Crippen LogP contribution in [0.15, 0.2) is 11.7 Å². The zero-order valence-electron chi connectivity index (χ0n) is 10.3. The quantitative estimate of drug-likeness (QED) is 0.868. The van der Waals surface area contributed by atoms with E-state index >= 15 is 0 Å². The minimum absolute atomic E-state index is 0.722. The van der Waals surface area contributed by atoms with E-state index in [0.29, 0.717) is 0 Å². The normalized spacial score (nSPS) is 29.4. The minimum atomic E-state index is 0.722. The number of thiazole rings is 1. The third-order valence-corrected chi connectivity index (χ3v) is 4.80. The molecule has 4 heteroatoms. The molecule has 1 saturated carbocycles. The van der Waals surface area contributed by atoms with Crippen molar-refractivity contribution in [3.8, 4) is 0 Å². The Balaban J connectivity index is 1.33. The molecule has 17 heavy (non-hydrogen) atoms. The summed E-state index contributed by atoms with van der Waals surface area (Å²) in [6.07, 6.45) is 7.56. The highest BCUT2D eigenvalue weighted by atomic mass is 32.1. The molecule has 1 aromatic rings. The second kappa shape index (κ2) is 5.46. The van der Waals surface area contributed by atoms with Crippen molar-refractivity contribution in [3.63, 3.8) is 0 Å². The van der Waals surface area contributed by atoms with Gasteiger partial charge in [0.25, 0.3) is 0 Å². The van der Waals surface area contributed by atoms with E-state index in [1.807, 2.05) is 11.7 Å². The minimum Gasteiger partial charge on any atom is -0.312 e. The van der Waals surface area contributed by atoms with E-state index in [1.165, 1.54) is 50.2 Å². The molecule has 2 aliphatic rings. The molecule has 0 spiro atoms. The molecular weight excluding hydrogens is 230 g/mol. The first-order valence-corrected chi connectivity index (χ1v) is 7.65. The standard InChI is InChI=1S/C13H21N3S/c1-2-5-16(6-3-1)7-4-15-12-8-11(12)13-9-14-10-17-13/h9-12,15H,1-8H2. The lowest BCUT2D eigenvalue weighted by Gasteiger charge is -2.26. The van der Waals surface area contributed by atoms with Crippen LogP contribution in [0.25, 0.3) is 0 Å². The van der Waals surface area contributed by atoms with E-state index in [0.717, 1.165) is 18.5 Å². The predicted octanol–water partition coefficient (Wildman–Crippen LogP) is 2.07. The van der Waals surface area contributed by atoms with Gasteiger partial charge in [-0.2, -0.15) is 0 Å². The highest BCUT2D eigenvalue weighted by Crippen LogP contribution is 2.42. The summed E-state index contributed by atoms with van der Waals surface area (Å²) in [5, 5.41) is 3.68. The van der Waals surface area contributed by atoms with Crippen LogP contribution in [0.3, 0.4) is 0 Å². The summed E-state index contributed by atoms with van der Waals surface area (Å²) in [6.45, 7) is 5.00. The number of nitrogens with one attached hydrogen (secondary N) is 1. The largest absolute Gasteiger partial charge is 0.312 e. The van der Waals surface area contributed by atoms with Crippen LogP contribution in [0.1, 0.15) is 36.5 Å². The Morgan fingerprint density at radius 1 is 1.35 bits per heavy atom. The number of rotatable bonds is 5. The van der Waals surface area contributed by atoms with Crippen LogP contribution in [0.2, 0.25) is 0 Å². The van der Waals surface area contributed by atoms with Crippen molar-refractivity contribution < 1.29 is 0 Å². The monoisotopic (exact) mass is 251 g/mol. The Bertz CT molecular complexity index is 332. The van der Waals surface area contributed by atoms with Crippen LogP contribution in [0, 0.1) is 0 Å². The molecule has 1 N–H and O–H groups in total. The van der Waals surface area contributed by atoms with Crippen molar-refractivity contribution in [1.29, 1.82) is 0 Å². The lowest BCUT2D eigenvalue weighted by Crippen LogP contribution is -2.36. The maximum absolute atomic E-state index is 4.15. The van der Waals surface area contributed by atoms with Gasteiger partial charge >= 0.3 is 0 Å². The molecule has 1 aromatic heterocycles. The zero-order valence-corrected chi connectivity index (χ0v) is 11.1. The molecule has 2 fully saturated rings. The van der Waals surface area contributed by atoms with Gasteiger partial charge in [-0.1, -0.05) is 6.42 Å². The first-order valence-electron chi connectivity index (χ1n) is 6.77. The average Bonchev–Trinajstić information content (AvgIpc) is 2.93. The molecule has 0 amide bonds. The van der Waals surface area contributed by atoms with Crippen molar-refractivity contribution in [2.24, 2.45) is 0 Å². The highest BCUT2D eigenvalue weighted by Gasteiger charge is 2.38. The molecule has 1 aliphatic carbocycles. The summed E-state index contributed by atoms with van der Waals surface area (Å²) in [7, 11) is 0. The maximum atomic E-state index is 4.15. The van der Waals surface area contributed by atoms with E-state index in [1.54, 1.807) is 11.3 Å². The molecule has 2 atom stereocenters. The van der Waals surface area contributed by atoms with Crippen molar-refractivity contribution >= 4 is 11.3 Å². The van der Waals surface area contributed by atoms with Crippen molar-refractivity contribution in [3.05, 3.63) is 16.6 Å². The molecule has 1 saturated heterocycles.